The Morgan fingerprint density at radius 3 is 2.67 bits per heavy atom. The molecule has 0 bridgehead atoms. The van der Waals surface area contributed by atoms with E-state index in [4.69, 9.17) is 4.74 Å². The number of hydrogen-bond donors (Lipinski definition) is 1. The summed E-state index contributed by atoms with van der Waals surface area (Å²) < 4.78 is 5.72. The fourth-order valence-corrected chi connectivity index (χ4v) is 3.56. The van der Waals surface area contributed by atoms with E-state index in [-0.39, 0.29) is 11.8 Å². The summed E-state index contributed by atoms with van der Waals surface area (Å²) in [5, 5.41) is 12.4. The Morgan fingerprint density at radius 2 is 1.96 bits per heavy atom. The molecule has 1 aromatic heterocycles. The third-order valence-electron chi connectivity index (χ3n) is 4.37. The summed E-state index contributed by atoms with van der Waals surface area (Å²) in [6.07, 6.45) is 6.50. The highest BCUT2D eigenvalue weighted by Gasteiger charge is 2.22. The van der Waals surface area contributed by atoms with Crippen molar-refractivity contribution in [2.24, 2.45) is 5.92 Å². The van der Waals surface area contributed by atoms with Gasteiger partial charge in [-0.25, -0.2) is 0 Å². The predicted octanol–water partition coefficient (Wildman–Crippen LogP) is 4.20. The van der Waals surface area contributed by atoms with Crippen LogP contribution in [0.15, 0.2) is 24.3 Å². The minimum Gasteiger partial charge on any atom is -0.486 e. The molecule has 0 spiro atoms. The van der Waals surface area contributed by atoms with Crippen molar-refractivity contribution in [3.8, 4) is 5.75 Å². The fourth-order valence-electron chi connectivity index (χ4n) is 2.90. The fraction of sp³-hybridized carbons (Fsp3) is 0.500. The molecule has 1 amide bonds. The minimum absolute atomic E-state index is 0.0773. The summed E-state index contributed by atoms with van der Waals surface area (Å²) in [6, 6.07) is 8.05. The average Bonchev–Trinajstić information content (AvgIpc) is 3.08. The molecule has 3 rings (SSSR count). The van der Waals surface area contributed by atoms with E-state index in [0.717, 1.165) is 42.9 Å². The first kappa shape index (κ1) is 16.9. The molecule has 1 aromatic carbocycles. The second-order valence-electron chi connectivity index (χ2n) is 6.11. The Morgan fingerprint density at radius 1 is 1.21 bits per heavy atom. The molecule has 5 nitrogen and oxygen atoms in total. The monoisotopic (exact) mass is 345 g/mol. The van der Waals surface area contributed by atoms with Crippen LogP contribution >= 0.6 is 11.3 Å². The SMILES string of the molecule is CCc1ccc(OCc2nnc(NC(=O)C3CCCCC3)s2)cc1. The zero-order valence-electron chi connectivity index (χ0n) is 14.0. The van der Waals surface area contributed by atoms with Crippen LogP contribution in [0.2, 0.25) is 0 Å². The predicted molar refractivity (Wildman–Crippen MR) is 95.3 cm³/mol. The standard InChI is InChI=1S/C18H23N3O2S/c1-2-13-8-10-15(11-9-13)23-12-16-20-21-18(24-16)19-17(22)14-6-4-3-5-7-14/h8-11,14H,2-7,12H2,1H3,(H,19,21,22). The van der Waals surface area contributed by atoms with Crippen LogP contribution in [-0.2, 0) is 17.8 Å². The molecule has 0 radical (unpaired) electrons. The van der Waals surface area contributed by atoms with Crippen LogP contribution < -0.4 is 10.1 Å². The number of nitrogens with one attached hydrogen (secondary N) is 1. The largest absolute Gasteiger partial charge is 0.486 e. The van der Waals surface area contributed by atoms with Crippen LogP contribution in [0, 0.1) is 5.92 Å². The number of rotatable bonds is 6. The van der Waals surface area contributed by atoms with E-state index in [1.54, 1.807) is 0 Å². The molecular formula is C18H23N3O2S. The number of anilines is 1. The second-order valence-corrected chi connectivity index (χ2v) is 7.17. The van der Waals surface area contributed by atoms with Crippen LogP contribution in [0.1, 0.15) is 49.6 Å². The van der Waals surface area contributed by atoms with Crippen molar-refractivity contribution in [1.29, 1.82) is 0 Å². The van der Waals surface area contributed by atoms with Gasteiger partial charge in [0.05, 0.1) is 0 Å². The van der Waals surface area contributed by atoms with E-state index in [1.807, 2.05) is 12.1 Å². The third-order valence-corrected chi connectivity index (χ3v) is 5.18. The molecule has 0 aliphatic heterocycles. The molecular weight excluding hydrogens is 322 g/mol. The zero-order chi connectivity index (χ0) is 16.8. The highest BCUT2D eigenvalue weighted by atomic mass is 32.1. The molecule has 0 atom stereocenters. The van der Waals surface area contributed by atoms with E-state index >= 15 is 0 Å². The first-order chi connectivity index (χ1) is 11.7. The van der Waals surface area contributed by atoms with E-state index in [1.165, 1.54) is 23.3 Å². The van der Waals surface area contributed by atoms with Crippen molar-refractivity contribution >= 4 is 22.4 Å². The lowest BCUT2D eigenvalue weighted by molar-refractivity contribution is -0.120. The molecule has 1 fully saturated rings. The average molecular weight is 345 g/mol. The lowest BCUT2D eigenvalue weighted by Crippen LogP contribution is -2.24. The van der Waals surface area contributed by atoms with Gasteiger partial charge < -0.3 is 10.1 Å². The quantitative estimate of drug-likeness (QED) is 0.852. The summed E-state index contributed by atoms with van der Waals surface area (Å²) >= 11 is 1.37. The number of amides is 1. The van der Waals surface area contributed by atoms with Gasteiger partial charge in [0.2, 0.25) is 11.0 Å². The molecule has 24 heavy (non-hydrogen) atoms. The van der Waals surface area contributed by atoms with Gasteiger partial charge in [-0.2, -0.15) is 0 Å². The van der Waals surface area contributed by atoms with Gasteiger partial charge in [0.15, 0.2) is 5.01 Å². The van der Waals surface area contributed by atoms with Gasteiger partial charge in [-0.05, 0) is 37.0 Å². The van der Waals surface area contributed by atoms with Gasteiger partial charge in [-0.3, -0.25) is 4.79 Å². The number of hydrogen-bond acceptors (Lipinski definition) is 5. The first-order valence-corrected chi connectivity index (χ1v) is 9.41. The first-order valence-electron chi connectivity index (χ1n) is 8.59. The van der Waals surface area contributed by atoms with Crippen LogP contribution in [0.25, 0.3) is 0 Å². The summed E-state index contributed by atoms with van der Waals surface area (Å²) in [5.41, 5.74) is 1.28. The van der Waals surface area contributed by atoms with E-state index < -0.39 is 0 Å². The molecule has 6 heteroatoms. The molecule has 1 N–H and O–H groups in total. The second kappa shape index (κ2) is 8.24. The summed E-state index contributed by atoms with van der Waals surface area (Å²) in [4.78, 5) is 12.2. The molecule has 1 aliphatic carbocycles. The molecule has 1 aliphatic rings. The lowest BCUT2D eigenvalue weighted by Gasteiger charge is -2.19. The van der Waals surface area contributed by atoms with Gasteiger partial charge in [0.1, 0.15) is 12.4 Å². The van der Waals surface area contributed by atoms with E-state index in [9.17, 15) is 4.79 Å². The van der Waals surface area contributed by atoms with Crippen molar-refractivity contribution in [2.75, 3.05) is 5.32 Å². The number of carbonyl (C=O) groups is 1. The van der Waals surface area contributed by atoms with Gasteiger partial charge in [0.25, 0.3) is 0 Å². The maximum atomic E-state index is 12.2. The molecule has 1 saturated carbocycles. The van der Waals surface area contributed by atoms with Crippen molar-refractivity contribution in [1.82, 2.24) is 10.2 Å². The summed E-state index contributed by atoms with van der Waals surface area (Å²) in [6.45, 7) is 2.49. The van der Waals surface area contributed by atoms with E-state index in [2.05, 4.69) is 34.6 Å². The number of aromatic nitrogens is 2. The maximum absolute atomic E-state index is 12.2. The Balaban J connectivity index is 1.50. The minimum atomic E-state index is 0.0773. The van der Waals surface area contributed by atoms with Gasteiger partial charge in [0, 0.05) is 5.92 Å². The molecule has 0 saturated heterocycles. The summed E-state index contributed by atoms with van der Waals surface area (Å²) in [5.74, 6) is 1.02. The van der Waals surface area contributed by atoms with E-state index in [0.29, 0.717) is 11.7 Å². The van der Waals surface area contributed by atoms with Crippen molar-refractivity contribution in [3.63, 3.8) is 0 Å². The van der Waals surface area contributed by atoms with Gasteiger partial charge in [-0.1, -0.05) is 49.7 Å². The topological polar surface area (TPSA) is 64.1 Å². The van der Waals surface area contributed by atoms with Crippen molar-refractivity contribution in [3.05, 3.63) is 34.8 Å². The highest BCUT2D eigenvalue weighted by Crippen LogP contribution is 2.26. The van der Waals surface area contributed by atoms with Crippen LogP contribution in [0.5, 0.6) is 5.75 Å². The molecule has 0 unspecified atom stereocenters. The van der Waals surface area contributed by atoms with Gasteiger partial charge >= 0.3 is 0 Å². The normalized spacial score (nSPS) is 15.2. The smallest absolute Gasteiger partial charge is 0.229 e. The van der Waals surface area contributed by atoms with Crippen molar-refractivity contribution < 1.29 is 9.53 Å². The Hall–Kier alpha value is -1.95. The van der Waals surface area contributed by atoms with Crippen LogP contribution in [0.3, 0.4) is 0 Å². The number of nitrogens with zero attached hydrogens (tertiary/aromatic N) is 2. The Kier molecular flexibility index (Phi) is 5.80. The molecule has 128 valence electrons. The number of carbonyl (C=O) groups excluding carboxylic acids is 1. The zero-order valence-corrected chi connectivity index (χ0v) is 14.8. The Bertz CT molecular complexity index is 663. The Labute approximate surface area is 146 Å². The third kappa shape index (κ3) is 4.54. The molecule has 1 heterocycles. The lowest BCUT2D eigenvalue weighted by atomic mass is 9.89. The highest BCUT2D eigenvalue weighted by molar-refractivity contribution is 7.15. The van der Waals surface area contributed by atoms with Crippen LogP contribution in [-0.4, -0.2) is 16.1 Å². The number of benzene rings is 1. The van der Waals surface area contributed by atoms with Crippen molar-refractivity contribution in [2.45, 2.75) is 52.1 Å². The summed E-state index contributed by atoms with van der Waals surface area (Å²) in [7, 11) is 0. The van der Waals surface area contributed by atoms with Gasteiger partial charge in [-0.15, -0.1) is 10.2 Å². The number of ether oxygens (including phenoxy) is 1. The molecule has 2 aromatic rings. The maximum Gasteiger partial charge on any atom is 0.229 e. The van der Waals surface area contributed by atoms with Crippen LogP contribution in [0.4, 0.5) is 5.13 Å². The number of aryl methyl sites for hydroxylation is 1.